The van der Waals surface area contributed by atoms with Crippen molar-refractivity contribution >= 4 is 29.2 Å². The highest BCUT2D eigenvalue weighted by Gasteiger charge is 2.36. The quantitative estimate of drug-likeness (QED) is 0.799. The summed E-state index contributed by atoms with van der Waals surface area (Å²) in [4.78, 5) is 12.8. The fraction of sp³-hybridized carbons (Fsp3) is 0.444. The van der Waals surface area contributed by atoms with Crippen molar-refractivity contribution in [1.29, 1.82) is 0 Å². The fourth-order valence-corrected chi connectivity index (χ4v) is 4.40. The third kappa shape index (κ3) is 3.16. The van der Waals surface area contributed by atoms with Gasteiger partial charge in [-0.15, -0.1) is 0 Å². The molecule has 5 nitrogen and oxygen atoms in total. The number of ether oxygens (including phenoxy) is 1. The van der Waals surface area contributed by atoms with Crippen LogP contribution in [0, 0.1) is 6.92 Å². The van der Waals surface area contributed by atoms with Crippen molar-refractivity contribution in [3.05, 3.63) is 39.6 Å². The number of hydrogen-bond acceptors (Lipinski definition) is 5. The molecule has 1 unspecified atom stereocenters. The Balaban J connectivity index is 1.62. The maximum atomic E-state index is 12.8. The number of aryl methyl sites for hydroxylation is 1. The van der Waals surface area contributed by atoms with E-state index >= 15 is 0 Å². The van der Waals surface area contributed by atoms with Gasteiger partial charge in [-0.1, -0.05) is 34.4 Å². The zero-order valence-electron chi connectivity index (χ0n) is 13.7. The molecule has 0 amide bonds. The number of nitrogens with one attached hydrogen (secondary N) is 1. The Morgan fingerprint density at radius 1 is 1.24 bits per heavy atom. The lowest BCUT2D eigenvalue weighted by Crippen LogP contribution is -2.42. The predicted molar refractivity (Wildman–Crippen MR) is 95.1 cm³/mol. The number of halogens is 2. The molecule has 25 heavy (non-hydrogen) atoms. The van der Waals surface area contributed by atoms with E-state index in [1.54, 1.807) is 25.1 Å². The van der Waals surface area contributed by atoms with E-state index in [9.17, 15) is 4.79 Å². The van der Waals surface area contributed by atoms with Gasteiger partial charge in [0.05, 0.1) is 10.0 Å². The molecule has 132 valence electrons. The Hall–Kier alpha value is -1.56. The lowest BCUT2D eigenvalue weighted by atomic mass is 10.0. The topological polar surface area (TPSA) is 64.4 Å². The molecule has 0 saturated carbocycles. The maximum Gasteiger partial charge on any atom is 0.344 e. The first-order valence-electron chi connectivity index (χ1n) is 8.40. The molecule has 0 radical (unpaired) electrons. The molecule has 0 spiro atoms. The van der Waals surface area contributed by atoms with Gasteiger partial charge in [0.2, 0.25) is 0 Å². The number of nitrogens with zero attached hydrogens (tertiary/aromatic N) is 1. The van der Waals surface area contributed by atoms with Gasteiger partial charge in [-0.25, -0.2) is 4.79 Å². The second-order valence-corrected chi connectivity index (χ2v) is 7.51. The van der Waals surface area contributed by atoms with Crippen LogP contribution in [0.25, 0.3) is 11.3 Å². The van der Waals surface area contributed by atoms with Gasteiger partial charge in [-0.05, 0) is 44.7 Å². The minimum absolute atomic E-state index is 0.0879. The van der Waals surface area contributed by atoms with Crippen LogP contribution in [0.4, 0.5) is 0 Å². The molecule has 2 saturated heterocycles. The average Bonchev–Trinajstić information content (AvgIpc) is 3.10. The van der Waals surface area contributed by atoms with Crippen LogP contribution in [0.5, 0.6) is 0 Å². The number of carbonyl (C=O) groups is 1. The summed E-state index contributed by atoms with van der Waals surface area (Å²) in [6.07, 6.45) is 3.88. The van der Waals surface area contributed by atoms with E-state index in [0.29, 0.717) is 44.7 Å². The van der Waals surface area contributed by atoms with Crippen molar-refractivity contribution in [2.24, 2.45) is 0 Å². The second kappa shape index (κ2) is 6.63. The zero-order valence-corrected chi connectivity index (χ0v) is 15.2. The van der Waals surface area contributed by atoms with Gasteiger partial charge in [-0.3, -0.25) is 0 Å². The number of carbonyl (C=O) groups excluding carboxylic acids is 1. The lowest BCUT2D eigenvalue weighted by Gasteiger charge is -2.28. The highest BCUT2D eigenvalue weighted by Crippen LogP contribution is 2.37. The third-order valence-corrected chi connectivity index (χ3v) is 5.60. The van der Waals surface area contributed by atoms with Crippen molar-refractivity contribution in [3.8, 4) is 11.3 Å². The molecular formula is C18H18Cl2N2O3. The van der Waals surface area contributed by atoms with Gasteiger partial charge >= 0.3 is 5.97 Å². The molecule has 3 atom stereocenters. The van der Waals surface area contributed by atoms with Crippen LogP contribution in [0.2, 0.25) is 10.0 Å². The first-order valence-corrected chi connectivity index (χ1v) is 9.16. The zero-order chi connectivity index (χ0) is 17.6. The predicted octanol–water partition coefficient (Wildman–Crippen LogP) is 4.40. The summed E-state index contributed by atoms with van der Waals surface area (Å²) in [5, 5.41) is 8.37. The summed E-state index contributed by atoms with van der Waals surface area (Å²) in [6, 6.07) is 6.03. The van der Waals surface area contributed by atoms with Crippen LogP contribution in [-0.4, -0.2) is 29.3 Å². The molecule has 2 bridgehead atoms. The Morgan fingerprint density at radius 3 is 2.52 bits per heavy atom. The number of fused-ring (bicyclic) bond motifs is 2. The van der Waals surface area contributed by atoms with Gasteiger partial charge in [0.15, 0.2) is 0 Å². The van der Waals surface area contributed by atoms with Gasteiger partial charge < -0.3 is 14.6 Å². The van der Waals surface area contributed by atoms with Crippen molar-refractivity contribution in [2.75, 3.05) is 0 Å². The van der Waals surface area contributed by atoms with Crippen LogP contribution >= 0.6 is 23.2 Å². The Bertz CT molecular complexity index is 788. The van der Waals surface area contributed by atoms with Gasteiger partial charge in [0.1, 0.15) is 23.1 Å². The molecule has 2 aliphatic rings. The van der Waals surface area contributed by atoms with E-state index in [1.807, 2.05) is 0 Å². The first kappa shape index (κ1) is 16.9. The molecule has 7 heteroatoms. The average molecular weight is 381 g/mol. The number of aromatic nitrogens is 1. The monoisotopic (exact) mass is 380 g/mol. The second-order valence-electron chi connectivity index (χ2n) is 6.70. The number of piperidine rings is 1. The maximum absolute atomic E-state index is 12.8. The lowest BCUT2D eigenvalue weighted by molar-refractivity contribution is 0.0176. The largest absolute Gasteiger partial charge is 0.459 e. The summed E-state index contributed by atoms with van der Waals surface area (Å²) in [5.41, 5.74) is 1.11. The minimum atomic E-state index is -0.434. The molecule has 0 aliphatic carbocycles. The van der Waals surface area contributed by atoms with Crippen LogP contribution in [0.1, 0.15) is 41.8 Å². The van der Waals surface area contributed by atoms with E-state index < -0.39 is 5.97 Å². The Kier molecular flexibility index (Phi) is 4.48. The van der Waals surface area contributed by atoms with E-state index in [0.717, 1.165) is 25.7 Å². The smallest absolute Gasteiger partial charge is 0.344 e. The van der Waals surface area contributed by atoms with Crippen LogP contribution in [0.3, 0.4) is 0 Å². The Morgan fingerprint density at radius 2 is 1.88 bits per heavy atom. The third-order valence-electron chi connectivity index (χ3n) is 4.97. The molecule has 3 heterocycles. The summed E-state index contributed by atoms with van der Waals surface area (Å²) >= 11 is 12.5. The van der Waals surface area contributed by atoms with Gasteiger partial charge in [-0.2, -0.15) is 0 Å². The summed E-state index contributed by atoms with van der Waals surface area (Å²) in [5.74, 6) is -0.0380. The van der Waals surface area contributed by atoms with Crippen molar-refractivity contribution in [1.82, 2.24) is 10.5 Å². The minimum Gasteiger partial charge on any atom is -0.459 e. The SMILES string of the molecule is Cc1onc(-c2c(Cl)cccc2Cl)c1C(=O)OC1C[C@H]2CC[C@@H](C1)N2. The van der Waals surface area contributed by atoms with Crippen molar-refractivity contribution in [2.45, 2.75) is 50.8 Å². The van der Waals surface area contributed by atoms with Crippen molar-refractivity contribution in [3.63, 3.8) is 0 Å². The molecule has 1 N–H and O–H groups in total. The van der Waals surface area contributed by atoms with E-state index in [-0.39, 0.29) is 6.10 Å². The molecule has 4 rings (SSSR count). The van der Waals surface area contributed by atoms with Gasteiger partial charge in [0, 0.05) is 17.6 Å². The molecule has 2 aromatic rings. The highest BCUT2D eigenvalue weighted by molar-refractivity contribution is 6.39. The Labute approximate surface area is 155 Å². The summed E-state index contributed by atoms with van der Waals surface area (Å²) in [7, 11) is 0. The normalized spacial score (nSPS) is 25.2. The van der Waals surface area contributed by atoms with E-state index in [2.05, 4.69) is 10.5 Å². The van der Waals surface area contributed by atoms with Crippen molar-refractivity contribution < 1.29 is 14.1 Å². The van der Waals surface area contributed by atoms with E-state index in [1.165, 1.54) is 0 Å². The number of hydrogen-bond donors (Lipinski definition) is 1. The first-order chi connectivity index (χ1) is 12.0. The fourth-order valence-electron chi connectivity index (χ4n) is 3.82. The van der Waals surface area contributed by atoms with Crippen LogP contribution in [-0.2, 0) is 4.74 Å². The number of rotatable bonds is 3. The molecular weight excluding hydrogens is 363 g/mol. The van der Waals surface area contributed by atoms with Crippen LogP contribution < -0.4 is 5.32 Å². The number of esters is 1. The van der Waals surface area contributed by atoms with E-state index in [4.69, 9.17) is 32.5 Å². The summed E-state index contributed by atoms with van der Waals surface area (Å²) in [6.45, 7) is 1.68. The van der Waals surface area contributed by atoms with Gasteiger partial charge in [0.25, 0.3) is 0 Å². The highest BCUT2D eigenvalue weighted by atomic mass is 35.5. The molecule has 2 aliphatic heterocycles. The summed E-state index contributed by atoms with van der Waals surface area (Å²) < 4.78 is 11.0. The number of benzene rings is 1. The molecule has 1 aromatic heterocycles. The molecule has 2 fully saturated rings. The molecule has 1 aromatic carbocycles. The van der Waals surface area contributed by atoms with Crippen LogP contribution in [0.15, 0.2) is 22.7 Å². The standard InChI is InChI=1S/C18H18Cl2N2O3/c1-9-15(17(22-25-9)16-13(19)3-2-4-14(16)20)18(23)24-12-7-10-5-6-11(8-12)21-10/h2-4,10-12,21H,5-8H2,1H3/t10-,11+,12?.